The second kappa shape index (κ2) is 5.87. The Balaban J connectivity index is 2.15. The minimum Gasteiger partial charge on any atom is -0.339 e. The quantitative estimate of drug-likeness (QED) is 0.837. The summed E-state index contributed by atoms with van der Waals surface area (Å²) in [6, 6.07) is 5.88. The molecule has 0 unspecified atom stereocenters. The van der Waals surface area contributed by atoms with Crippen molar-refractivity contribution in [1.29, 1.82) is 0 Å². The summed E-state index contributed by atoms with van der Waals surface area (Å²) in [4.78, 5) is 25.6. The molecule has 1 aliphatic carbocycles. The number of hydrogen-bond donors (Lipinski definition) is 0. The molecule has 1 aromatic carbocycles. The molecule has 0 N–H and O–H groups in total. The van der Waals surface area contributed by atoms with Gasteiger partial charge in [0, 0.05) is 30.4 Å². The minimum atomic E-state index is 0.0231. The van der Waals surface area contributed by atoms with Gasteiger partial charge in [-0.05, 0) is 47.3 Å². The predicted octanol–water partition coefficient (Wildman–Crippen LogP) is 3.34. The highest BCUT2D eigenvalue weighted by atomic mass is 79.9. The summed E-state index contributed by atoms with van der Waals surface area (Å²) in [7, 11) is 1.83. The molecule has 1 aromatic rings. The molecular formula is C15H18BrNO2. The van der Waals surface area contributed by atoms with Crippen LogP contribution in [0.2, 0.25) is 0 Å². The van der Waals surface area contributed by atoms with Crippen LogP contribution in [-0.2, 0) is 4.79 Å². The van der Waals surface area contributed by atoms with E-state index < -0.39 is 0 Å². The van der Waals surface area contributed by atoms with E-state index in [1.807, 2.05) is 32.2 Å². The number of ketones is 1. The third-order valence-corrected chi connectivity index (χ3v) is 4.86. The predicted molar refractivity (Wildman–Crippen MR) is 78.2 cm³/mol. The van der Waals surface area contributed by atoms with Gasteiger partial charge in [-0.15, -0.1) is 0 Å². The molecule has 0 atom stereocenters. The molecule has 1 saturated carbocycles. The number of amides is 1. The van der Waals surface area contributed by atoms with Crippen molar-refractivity contribution in [1.82, 2.24) is 4.90 Å². The van der Waals surface area contributed by atoms with Gasteiger partial charge in [-0.3, -0.25) is 9.59 Å². The van der Waals surface area contributed by atoms with Gasteiger partial charge in [-0.2, -0.15) is 0 Å². The number of rotatable bonds is 2. The Morgan fingerprint density at radius 2 is 1.95 bits per heavy atom. The lowest BCUT2D eigenvalue weighted by molar-refractivity contribution is -0.121. The third kappa shape index (κ3) is 3.06. The highest BCUT2D eigenvalue weighted by Crippen LogP contribution is 2.25. The van der Waals surface area contributed by atoms with E-state index in [2.05, 4.69) is 15.9 Å². The summed E-state index contributed by atoms with van der Waals surface area (Å²) in [6.45, 7) is 1.97. The Bertz CT molecular complexity index is 503. The van der Waals surface area contributed by atoms with E-state index in [0.717, 1.165) is 22.9 Å². The zero-order valence-corrected chi connectivity index (χ0v) is 12.9. The van der Waals surface area contributed by atoms with Crippen LogP contribution in [0.3, 0.4) is 0 Å². The standard InChI is InChI=1S/C15H18BrNO2/c1-10-4-3-5-13(14(10)16)15(19)17(2)11-6-8-12(18)9-7-11/h3-5,11H,6-9H2,1-2H3. The highest BCUT2D eigenvalue weighted by molar-refractivity contribution is 9.10. The van der Waals surface area contributed by atoms with Gasteiger partial charge in [0.1, 0.15) is 5.78 Å². The number of aryl methyl sites for hydroxylation is 1. The Morgan fingerprint density at radius 3 is 2.58 bits per heavy atom. The summed E-state index contributed by atoms with van der Waals surface area (Å²) in [5, 5.41) is 0. The van der Waals surface area contributed by atoms with Crippen molar-refractivity contribution in [2.75, 3.05) is 7.05 Å². The number of Topliss-reactive ketones (excluding diaryl/α,β-unsaturated/α-hetero) is 1. The lowest BCUT2D eigenvalue weighted by Crippen LogP contribution is -2.39. The van der Waals surface area contributed by atoms with E-state index in [4.69, 9.17) is 0 Å². The molecule has 3 nitrogen and oxygen atoms in total. The van der Waals surface area contributed by atoms with E-state index in [1.54, 1.807) is 4.90 Å². The van der Waals surface area contributed by atoms with Crippen LogP contribution in [0.5, 0.6) is 0 Å². The molecule has 0 aliphatic heterocycles. The topological polar surface area (TPSA) is 37.4 Å². The Kier molecular flexibility index (Phi) is 4.40. The van der Waals surface area contributed by atoms with Crippen LogP contribution in [0, 0.1) is 6.92 Å². The molecule has 0 bridgehead atoms. The zero-order chi connectivity index (χ0) is 14.0. The first-order valence-electron chi connectivity index (χ1n) is 6.54. The maximum absolute atomic E-state index is 12.5. The van der Waals surface area contributed by atoms with E-state index in [-0.39, 0.29) is 11.9 Å². The van der Waals surface area contributed by atoms with Crippen molar-refractivity contribution in [3.63, 3.8) is 0 Å². The second-order valence-electron chi connectivity index (χ2n) is 5.12. The van der Waals surface area contributed by atoms with Crippen LogP contribution in [0.4, 0.5) is 0 Å². The molecule has 2 rings (SSSR count). The molecule has 4 heteroatoms. The minimum absolute atomic E-state index is 0.0231. The Labute approximate surface area is 122 Å². The van der Waals surface area contributed by atoms with E-state index in [9.17, 15) is 9.59 Å². The van der Waals surface area contributed by atoms with Gasteiger partial charge < -0.3 is 4.90 Å². The fourth-order valence-corrected chi connectivity index (χ4v) is 2.91. The molecule has 0 heterocycles. The molecule has 1 fully saturated rings. The Morgan fingerprint density at radius 1 is 1.32 bits per heavy atom. The van der Waals surface area contributed by atoms with E-state index >= 15 is 0 Å². The highest BCUT2D eigenvalue weighted by Gasteiger charge is 2.26. The van der Waals surface area contributed by atoms with E-state index in [1.165, 1.54) is 0 Å². The van der Waals surface area contributed by atoms with Gasteiger partial charge in [0.05, 0.1) is 5.56 Å². The smallest absolute Gasteiger partial charge is 0.254 e. The Hall–Kier alpha value is -1.16. The van der Waals surface area contributed by atoms with Crippen molar-refractivity contribution >= 4 is 27.6 Å². The van der Waals surface area contributed by atoms with Crippen LogP contribution < -0.4 is 0 Å². The molecule has 0 radical (unpaired) electrons. The number of benzene rings is 1. The summed E-state index contributed by atoms with van der Waals surface area (Å²) in [6.07, 6.45) is 2.75. The fourth-order valence-electron chi connectivity index (χ4n) is 2.48. The summed E-state index contributed by atoms with van der Waals surface area (Å²) in [5.41, 5.74) is 1.75. The maximum Gasteiger partial charge on any atom is 0.254 e. The van der Waals surface area contributed by atoms with Gasteiger partial charge in [0.25, 0.3) is 5.91 Å². The first kappa shape index (κ1) is 14.3. The lowest BCUT2D eigenvalue weighted by atomic mass is 9.93. The van der Waals surface area contributed by atoms with Crippen molar-refractivity contribution in [2.24, 2.45) is 0 Å². The van der Waals surface area contributed by atoms with Crippen LogP contribution in [0.15, 0.2) is 22.7 Å². The number of halogens is 1. The van der Waals surface area contributed by atoms with Gasteiger partial charge in [-0.1, -0.05) is 12.1 Å². The lowest BCUT2D eigenvalue weighted by Gasteiger charge is -2.31. The number of carbonyl (C=O) groups excluding carboxylic acids is 2. The van der Waals surface area contributed by atoms with Crippen LogP contribution >= 0.6 is 15.9 Å². The van der Waals surface area contributed by atoms with Gasteiger partial charge in [-0.25, -0.2) is 0 Å². The third-order valence-electron chi connectivity index (χ3n) is 3.80. The number of hydrogen-bond acceptors (Lipinski definition) is 2. The molecule has 102 valence electrons. The summed E-state index contributed by atoms with van der Waals surface area (Å²) < 4.78 is 0.860. The average molecular weight is 324 g/mol. The molecule has 19 heavy (non-hydrogen) atoms. The van der Waals surface area contributed by atoms with Gasteiger partial charge >= 0.3 is 0 Å². The summed E-state index contributed by atoms with van der Waals surface area (Å²) in [5.74, 6) is 0.337. The van der Waals surface area contributed by atoms with Crippen molar-refractivity contribution < 1.29 is 9.59 Å². The summed E-state index contributed by atoms with van der Waals surface area (Å²) >= 11 is 3.48. The van der Waals surface area contributed by atoms with Crippen LogP contribution in [0.1, 0.15) is 41.6 Å². The molecule has 1 amide bonds. The average Bonchev–Trinajstić information content (AvgIpc) is 2.41. The first-order chi connectivity index (χ1) is 9.00. The maximum atomic E-state index is 12.5. The monoisotopic (exact) mass is 323 g/mol. The van der Waals surface area contributed by atoms with Crippen molar-refractivity contribution in [2.45, 2.75) is 38.6 Å². The van der Waals surface area contributed by atoms with E-state index in [0.29, 0.717) is 24.2 Å². The number of nitrogens with zero attached hydrogens (tertiary/aromatic N) is 1. The molecule has 0 saturated heterocycles. The first-order valence-corrected chi connectivity index (χ1v) is 7.34. The SMILES string of the molecule is Cc1cccc(C(=O)N(C)C2CCC(=O)CC2)c1Br. The van der Waals surface area contributed by atoms with Crippen LogP contribution in [0.25, 0.3) is 0 Å². The van der Waals surface area contributed by atoms with Gasteiger partial charge in [0.15, 0.2) is 0 Å². The molecule has 0 spiro atoms. The van der Waals surface area contributed by atoms with Crippen molar-refractivity contribution in [3.8, 4) is 0 Å². The second-order valence-corrected chi connectivity index (χ2v) is 5.92. The number of carbonyl (C=O) groups is 2. The largest absolute Gasteiger partial charge is 0.339 e. The van der Waals surface area contributed by atoms with Crippen LogP contribution in [-0.4, -0.2) is 29.7 Å². The zero-order valence-electron chi connectivity index (χ0n) is 11.3. The molecule has 1 aliphatic rings. The van der Waals surface area contributed by atoms with Gasteiger partial charge in [0.2, 0.25) is 0 Å². The molecule has 0 aromatic heterocycles. The molecular weight excluding hydrogens is 306 g/mol. The van der Waals surface area contributed by atoms with Crippen molar-refractivity contribution in [3.05, 3.63) is 33.8 Å². The fraction of sp³-hybridized carbons (Fsp3) is 0.467. The normalized spacial score (nSPS) is 16.5.